The first kappa shape index (κ1) is 16.5. The van der Waals surface area contributed by atoms with E-state index in [1.165, 1.54) is 6.20 Å². The lowest BCUT2D eigenvalue weighted by Gasteiger charge is -2.22. The van der Waals surface area contributed by atoms with E-state index in [-0.39, 0.29) is 24.5 Å². The molecule has 0 fully saturated rings. The van der Waals surface area contributed by atoms with Gasteiger partial charge in [-0.3, -0.25) is 9.89 Å². The zero-order valence-corrected chi connectivity index (χ0v) is 13.4. The Morgan fingerprint density at radius 3 is 2.68 bits per heavy atom. The molecule has 0 aliphatic rings. The van der Waals surface area contributed by atoms with Crippen LogP contribution in [0.4, 0.5) is 0 Å². The summed E-state index contributed by atoms with van der Waals surface area (Å²) in [7, 11) is 0. The van der Waals surface area contributed by atoms with E-state index in [4.69, 9.17) is 11.6 Å². The number of hydrogen-bond donors (Lipinski definition) is 3. The molecule has 0 aliphatic carbocycles. The highest BCUT2D eigenvalue weighted by Gasteiger charge is 2.21. The molecule has 2 aromatic rings. The Bertz CT molecular complexity index is 625. The molecule has 0 radical (unpaired) electrons. The Labute approximate surface area is 134 Å². The number of nitrogens with zero attached hydrogens (tertiary/aromatic N) is 1. The number of benzene rings is 1. The SMILES string of the molecule is CC[C@@H](C)[C@@H](CO)NC(=O)c1cn[nH]c1-c1ccc(Cl)cc1. The first-order valence-electron chi connectivity index (χ1n) is 7.27. The summed E-state index contributed by atoms with van der Waals surface area (Å²) in [4.78, 5) is 12.4. The molecule has 5 nitrogen and oxygen atoms in total. The van der Waals surface area contributed by atoms with Gasteiger partial charge in [-0.05, 0) is 18.1 Å². The first-order chi connectivity index (χ1) is 10.6. The molecule has 0 bridgehead atoms. The average Bonchev–Trinajstić information content (AvgIpc) is 3.02. The molecule has 0 saturated carbocycles. The van der Waals surface area contributed by atoms with E-state index >= 15 is 0 Å². The maximum absolute atomic E-state index is 12.4. The molecule has 22 heavy (non-hydrogen) atoms. The third-order valence-electron chi connectivity index (χ3n) is 3.86. The Morgan fingerprint density at radius 1 is 1.41 bits per heavy atom. The van der Waals surface area contributed by atoms with Crippen LogP contribution in [0.2, 0.25) is 5.02 Å². The monoisotopic (exact) mass is 321 g/mol. The molecular formula is C16H20ClN3O2. The summed E-state index contributed by atoms with van der Waals surface area (Å²) in [6.45, 7) is 3.93. The number of carbonyl (C=O) groups excluding carboxylic acids is 1. The zero-order chi connectivity index (χ0) is 16.1. The molecular weight excluding hydrogens is 302 g/mol. The van der Waals surface area contributed by atoms with Gasteiger partial charge in [0.05, 0.1) is 30.1 Å². The number of rotatable bonds is 6. The molecule has 6 heteroatoms. The number of amides is 1. The van der Waals surface area contributed by atoms with Crippen molar-refractivity contribution in [1.29, 1.82) is 0 Å². The number of carbonyl (C=O) groups is 1. The van der Waals surface area contributed by atoms with Crippen LogP contribution in [-0.2, 0) is 0 Å². The number of aromatic amines is 1. The van der Waals surface area contributed by atoms with Crippen molar-refractivity contribution >= 4 is 17.5 Å². The third-order valence-corrected chi connectivity index (χ3v) is 4.11. The average molecular weight is 322 g/mol. The lowest BCUT2D eigenvalue weighted by atomic mass is 9.99. The van der Waals surface area contributed by atoms with Gasteiger partial charge in [0, 0.05) is 10.6 Å². The molecule has 2 rings (SSSR count). The molecule has 1 heterocycles. The second-order valence-corrected chi connectivity index (χ2v) is 5.75. The van der Waals surface area contributed by atoms with Crippen molar-refractivity contribution in [1.82, 2.24) is 15.5 Å². The van der Waals surface area contributed by atoms with E-state index in [1.54, 1.807) is 12.1 Å². The maximum atomic E-state index is 12.4. The zero-order valence-electron chi connectivity index (χ0n) is 12.6. The molecule has 1 amide bonds. The summed E-state index contributed by atoms with van der Waals surface area (Å²) >= 11 is 5.88. The minimum atomic E-state index is -0.273. The second-order valence-electron chi connectivity index (χ2n) is 5.31. The minimum Gasteiger partial charge on any atom is -0.394 e. The molecule has 0 spiro atoms. The molecule has 3 N–H and O–H groups in total. The number of aliphatic hydroxyl groups is 1. The van der Waals surface area contributed by atoms with Gasteiger partial charge in [0.15, 0.2) is 0 Å². The van der Waals surface area contributed by atoms with Crippen LogP contribution < -0.4 is 5.32 Å². The third kappa shape index (κ3) is 3.67. The smallest absolute Gasteiger partial charge is 0.255 e. The van der Waals surface area contributed by atoms with Crippen molar-refractivity contribution < 1.29 is 9.90 Å². The van der Waals surface area contributed by atoms with E-state index in [0.717, 1.165) is 12.0 Å². The quantitative estimate of drug-likeness (QED) is 0.765. The van der Waals surface area contributed by atoms with Gasteiger partial charge in [0.2, 0.25) is 0 Å². The fourth-order valence-electron chi connectivity index (χ4n) is 2.19. The van der Waals surface area contributed by atoms with E-state index in [9.17, 15) is 9.90 Å². The van der Waals surface area contributed by atoms with E-state index in [0.29, 0.717) is 16.3 Å². The van der Waals surface area contributed by atoms with Crippen molar-refractivity contribution in [2.75, 3.05) is 6.61 Å². The van der Waals surface area contributed by atoms with Gasteiger partial charge in [-0.25, -0.2) is 0 Å². The summed E-state index contributed by atoms with van der Waals surface area (Å²) in [5.74, 6) is -0.0575. The minimum absolute atomic E-state index is 0.0884. The first-order valence-corrected chi connectivity index (χ1v) is 7.65. The second kappa shape index (κ2) is 7.42. The molecule has 0 saturated heterocycles. The molecule has 118 valence electrons. The standard InChI is InChI=1S/C16H20ClN3O2/c1-3-10(2)14(9-21)19-16(22)13-8-18-20-15(13)11-4-6-12(17)7-5-11/h4-8,10,14,21H,3,9H2,1-2H3,(H,18,20)(H,19,22)/t10-,14-/m1/s1. The summed E-state index contributed by atoms with van der Waals surface area (Å²) in [5.41, 5.74) is 1.91. The van der Waals surface area contributed by atoms with Crippen LogP contribution in [0.25, 0.3) is 11.3 Å². The van der Waals surface area contributed by atoms with Gasteiger partial charge in [0.25, 0.3) is 5.91 Å². The van der Waals surface area contributed by atoms with Crippen LogP contribution in [0.15, 0.2) is 30.5 Å². The largest absolute Gasteiger partial charge is 0.394 e. The van der Waals surface area contributed by atoms with Crippen LogP contribution in [0.3, 0.4) is 0 Å². The van der Waals surface area contributed by atoms with Crippen LogP contribution in [-0.4, -0.2) is 33.9 Å². The highest BCUT2D eigenvalue weighted by atomic mass is 35.5. The normalized spacial score (nSPS) is 13.6. The van der Waals surface area contributed by atoms with Crippen LogP contribution >= 0.6 is 11.6 Å². The Kier molecular flexibility index (Phi) is 5.57. The predicted molar refractivity (Wildman–Crippen MR) is 86.8 cm³/mol. The lowest BCUT2D eigenvalue weighted by molar-refractivity contribution is 0.0892. The fraction of sp³-hybridized carbons (Fsp3) is 0.375. The number of H-pyrrole nitrogens is 1. The van der Waals surface area contributed by atoms with Crippen LogP contribution in [0, 0.1) is 5.92 Å². The topological polar surface area (TPSA) is 78.0 Å². The van der Waals surface area contributed by atoms with Gasteiger partial charge in [-0.1, -0.05) is 44.0 Å². The summed E-state index contributed by atoms with van der Waals surface area (Å²) in [6, 6.07) is 6.89. The van der Waals surface area contributed by atoms with Crippen LogP contribution in [0.1, 0.15) is 30.6 Å². The number of halogens is 1. The summed E-state index contributed by atoms with van der Waals surface area (Å²) in [6.07, 6.45) is 2.37. The van der Waals surface area contributed by atoms with E-state index < -0.39 is 0 Å². The highest BCUT2D eigenvalue weighted by Crippen LogP contribution is 2.23. The summed E-state index contributed by atoms with van der Waals surface area (Å²) < 4.78 is 0. The highest BCUT2D eigenvalue weighted by molar-refractivity contribution is 6.30. The van der Waals surface area contributed by atoms with Gasteiger partial charge >= 0.3 is 0 Å². The van der Waals surface area contributed by atoms with Gasteiger partial charge in [-0.2, -0.15) is 5.10 Å². The van der Waals surface area contributed by atoms with Crippen molar-refractivity contribution in [2.24, 2.45) is 5.92 Å². The van der Waals surface area contributed by atoms with Crippen molar-refractivity contribution in [3.8, 4) is 11.3 Å². The number of nitrogens with one attached hydrogen (secondary N) is 2. The van der Waals surface area contributed by atoms with Crippen molar-refractivity contribution in [3.05, 3.63) is 41.0 Å². The van der Waals surface area contributed by atoms with E-state index in [2.05, 4.69) is 15.5 Å². The summed E-state index contributed by atoms with van der Waals surface area (Å²) in [5, 5.41) is 19.7. The number of hydrogen-bond acceptors (Lipinski definition) is 3. The molecule has 1 aromatic carbocycles. The van der Waals surface area contributed by atoms with Crippen molar-refractivity contribution in [3.63, 3.8) is 0 Å². The lowest BCUT2D eigenvalue weighted by Crippen LogP contribution is -2.41. The molecule has 0 aliphatic heterocycles. The molecule has 1 aromatic heterocycles. The maximum Gasteiger partial charge on any atom is 0.255 e. The number of aliphatic hydroxyl groups excluding tert-OH is 1. The fourth-order valence-corrected chi connectivity index (χ4v) is 2.32. The Morgan fingerprint density at radius 2 is 2.09 bits per heavy atom. The molecule has 0 unspecified atom stereocenters. The van der Waals surface area contributed by atoms with Crippen molar-refractivity contribution in [2.45, 2.75) is 26.3 Å². The number of aromatic nitrogens is 2. The van der Waals surface area contributed by atoms with E-state index in [1.807, 2.05) is 26.0 Å². The van der Waals surface area contributed by atoms with Gasteiger partial charge in [-0.15, -0.1) is 0 Å². The van der Waals surface area contributed by atoms with Gasteiger partial charge in [0.1, 0.15) is 0 Å². The van der Waals surface area contributed by atoms with Crippen LogP contribution in [0.5, 0.6) is 0 Å². The molecule has 2 atom stereocenters. The Hall–Kier alpha value is -1.85. The van der Waals surface area contributed by atoms with Gasteiger partial charge < -0.3 is 10.4 Å². The Balaban J connectivity index is 2.21. The predicted octanol–water partition coefficient (Wildman–Crippen LogP) is 2.87.